The van der Waals surface area contributed by atoms with Crippen LogP contribution in [0.5, 0.6) is 11.5 Å². The van der Waals surface area contributed by atoms with Gasteiger partial charge in [0.2, 0.25) is 5.91 Å². The molecule has 1 N–H and O–H groups in total. The van der Waals surface area contributed by atoms with Crippen molar-refractivity contribution in [1.82, 2.24) is 4.90 Å². The van der Waals surface area contributed by atoms with Gasteiger partial charge < -0.3 is 19.7 Å². The van der Waals surface area contributed by atoms with Gasteiger partial charge in [-0.25, -0.2) is 4.79 Å². The largest absolute Gasteiger partial charge is 0.497 e. The van der Waals surface area contributed by atoms with Gasteiger partial charge in [-0.1, -0.05) is 12.1 Å². The zero-order valence-corrected chi connectivity index (χ0v) is 16.3. The molecule has 30 heavy (non-hydrogen) atoms. The number of amides is 3. The first-order valence-corrected chi connectivity index (χ1v) is 8.99. The summed E-state index contributed by atoms with van der Waals surface area (Å²) in [6.07, 6.45) is -4.60. The number of benzene rings is 2. The molecule has 1 aliphatic rings. The summed E-state index contributed by atoms with van der Waals surface area (Å²) in [4.78, 5) is 27.8. The Morgan fingerprint density at radius 1 is 1.10 bits per heavy atom. The molecule has 0 radical (unpaired) electrons. The molecule has 0 aliphatic carbocycles. The number of urea groups is 1. The molecule has 1 aliphatic heterocycles. The second-order valence-electron chi connectivity index (χ2n) is 6.49. The van der Waals surface area contributed by atoms with Crippen molar-refractivity contribution in [2.45, 2.75) is 6.18 Å². The monoisotopic (exact) mass is 423 g/mol. The second kappa shape index (κ2) is 8.52. The third-order valence-corrected chi connectivity index (χ3v) is 4.61. The summed E-state index contributed by atoms with van der Waals surface area (Å²) < 4.78 is 49.8. The van der Waals surface area contributed by atoms with Crippen molar-refractivity contribution in [1.29, 1.82) is 0 Å². The molecular weight excluding hydrogens is 403 g/mol. The quantitative estimate of drug-likeness (QED) is 0.771. The molecule has 160 valence electrons. The number of nitrogens with zero attached hydrogens (tertiary/aromatic N) is 2. The lowest BCUT2D eigenvalue weighted by atomic mass is 10.1. The number of ether oxygens (including phenoxy) is 2. The first kappa shape index (κ1) is 21.3. The van der Waals surface area contributed by atoms with E-state index in [1.54, 1.807) is 18.2 Å². The fourth-order valence-corrected chi connectivity index (χ4v) is 3.16. The van der Waals surface area contributed by atoms with E-state index < -0.39 is 23.7 Å². The Balaban J connectivity index is 1.72. The number of nitrogens with one attached hydrogen (secondary N) is 1. The van der Waals surface area contributed by atoms with Crippen molar-refractivity contribution in [3.8, 4) is 11.5 Å². The van der Waals surface area contributed by atoms with Gasteiger partial charge in [-0.3, -0.25) is 9.69 Å². The Morgan fingerprint density at radius 2 is 1.83 bits per heavy atom. The van der Waals surface area contributed by atoms with Gasteiger partial charge >= 0.3 is 12.2 Å². The molecule has 1 heterocycles. The normalized spacial score (nSPS) is 14.1. The highest BCUT2D eigenvalue weighted by Crippen LogP contribution is 2.35. The van der Waals surface area contributed by atoms with Crippen LogP contribution < -0.4 is 19.7 Å². The lowest BCUT2D eigenvalue weighted by Gasteiger charge is -2.21. The number of para-hydroxylation sites is 1. The van der Waals surface area contributed by atoms with Crippen molar-refractivity contribution >= 4 is 23.3 Å². The number of carbonyl (C=O) groups excluding carboxylic acids is 2. The van der Waals surface area contributed by atoms with Gasteiger partial charge in [0, 0.05) is 19.2 Å². The van der Waals surface area contributed by atoms with Crippen molar-refractivity contribution < 1.29 is 32.2 Å². The van der Waals surface area contributed by atoms with E-state index in [1.165, 1.54) is 42.2 Å². The van der Waals surface area contributed by atoms with E-state index in [1.807, 2.05) is 0 Å². The van der Waals surface area contributed by atoms with Crippen molar-refractivity contribution in [3.05, 3.63) is 48.0 Å². The summed E-state index contributed by atoms with van der Waals surface area (Å²) >= 11 is 0. The fourth-order valence-electron chi connectivity index (χ4n) is 3.16. The molecule has 0 aromatic heterocycles. The summed E-state index contributed by atoms with van der Waals surface area (Å²) in [6, 6.07) is 9.20. The first-order valence-electron chi connectivity index (χ1n) is 8.99. The van der Waals surface area contributed by atoms with Gasteiger partial charge in [0.1, 0.15) is 18.0 Å². The minimum atomic E-state index is -4.60. The number of hydrogen-bond acceptors (Lipinski definition) is 4. The lowest BCUT2D eigenvalue weighted by molar-refractivity contribution is -0.137. The Morgan fingerprint density at radius 3 is 2.50 bits per heavy atom. The van der Waals surface area contributed by atoms with Crippen LogP contribution >= 0.6 is 0 Å². The molecule has 0 saturated carbocycles. The number of hydrogen-bond donors (Lipinski definition) is 1. The first-order chi connectivity index (χ1) is 14.2. The summed E-state index contributed by atoms with van der Waals surface area (Å²) in [5.74, 6) is 0.257. The second-order valence-corrected chi connectivity index (χ2v) is 6.49. The van der Waals surface area contributed by atoms with Crippen LogP contribution in [-0.2, 0) is 11.0 Å². The Labute approximate surface area is 171 Å². The van der Waals surface area contributed by atoms with E-state index in [0.717, 1.165) is 6.07 Å². The standard InChI is InChI=1S/C20H20F3N3O4/c1-29-13-7-8-17(30-2)16(11-13)26-10-9-25(19(26)28)12-18(27)24-15-6-4-3-5-14(15)20(21,22)23/h3-8,11H,9-10,12H2,1-2H3,(H,24,27). The van der Waals surface area contributed by atoms with Gasteiger partial charge in [0.25, 0.3) is 0 Å². The van der Waals surface area contributed by atoms with E-state index >= 15 is 0 Å². The third kappa shape index (κ3) is 4.42. The highest BCUT2D eigenvalue weighted by Gasteiger charge is 2.35. The van der Waals surface area contributed by atoms with Gasteiger partial charge in [0.05, 0.1) is 31.2 Å². The summed E-state index contributed by atoms with van der Waals surface area (Å²) in [7, 11) is 2.96. The van der Waals surface area contributed by atoms with E-state index in [-0.39, 0.29) is 25.3 Å². The van der Waals surface area contributed by atoms with E-state index in [4.69, 9.17) is 9.47 Å². The van der Waals surface area contributed by atoms with Gasteiger partial charge in [-0.05, 0) is 24.3 Å². The molecule has 1 saturated heterocycles. The highest BCUT2D eigenvalue weighted by molar-refractivity contribution is 6.00. The van der Waals surface area contributed by atoms with Crippen LogP contribution in [0.4, 0.5) is 29.3 Å². The smallest absolute Gasteiger partial charge is 0.418 e. The van der Waals surface area contributed by atoms with Crippen LogP contribution in [0.25, 0.3) is 0 Å². The highest BCUT2D eigenvalue weighted by atomic mass is 19.4. The number of halogens is 3. The fraction of sp³-hybridized carbons (Fsp3) is 0.300. The Hall–Kier alpha value is -3.43. The number of rotatable bonds is 6. The van der Waals surface area contributed by atoms with Crippen molar-refractivity contribution in [3.63, 3.8) is 0 Å². The van der Waals surface area contributed by atoms with Gasteiger partial charge in [-0.2, -0.15) is 13.2 Å². The molecule has 1 fully saturated rings. The zero-order valence-electron chi connectivity index (χ0n) is 16.3. The summed E-state index contributed by atoms with van der Waals surface area (Å²) in [5.41, 5.74) is -0.825. The lowest BCUT2D eigenvalue weighted by Crippen LogP contribution is -2.37. The van der Waals surface area contributed by atoms with Crippen LogP contribution in [0.15, 0.2) is 42.5 Å². The van der Waals surface area contributed by atoms with E-state index in [2.05, 4.69) is 5.32 Å². The molecule has 0 atom stereocenters. The minimum Gasteiger partial charge on any atom is -0.497 e. The van der Waals surface area contributed by atoms with Crippen LogP contribution in [0.2, 0.25) is 0 Å². The number of carbonyl (C=O) groups is 2. The topological polar surface area (TPSA) is 71.1 Å². The van der Waals surface area contributed by atoms with Crippen molar-refractivity contribution in [2.24, 2.45) is 0 Å². The average molecular weight is 423 g/mol. The van der Waals surface area contributed by atoms with Crippen LogP contribution in [0.3, 0.4) is 0 Å². The predicted octanol–water partition coefficient (Wildman–Crippen LogP) is 3.60. The average Bonchev–Trinajstić information content (AvgIpc) is 3.07. The molecule has 2 aromatic rings. The third-order valence-electron chi connectivity index (χ3n) is 4.61. The summed E-state index contributed by atoms with van der Waals surface area (Å²) in [5, 5.41) is 2.24. The molecule has 3 amide bonds. The molecule has 0 spiro atoms. The molecule has 2 aromatic carbocycles. The maximum Gasteiger partial charge on any atom is 0.418 e. The van der Waals surface area contributed by atoms with Crippen LogP contribution in [-0.4, -0.2) is 50.7 Å². The van der Waals surface area contributed by atoms with E-state index in [0.29, 0.717) is 17.2 Å². The minimum absolute atomic E-state index is 0.230. The van der Waals surface area contributed by atoms with Gasteiger partial charge in [-0.15, -0.1) is 0 Å². The van der Waals surface area contributed by atoms with Crippen molar-refractivity contribution in [2.75, 3.05) is 44.1 Å². The molecule has 0 bridgehead atoms. The SMILES string of the molecule is COc1ccc(OC)c(N2CCN(CC(=O)Nc3ccccc3C(F)(F)F)C2=O)c1. The molecule has 0 unspecified atom stereocenters. The molecular formula is C20H20F3N3O4. The predicted molar refractivity (Wildman–Crippen MR) is 104 cm³/mol. The number of methoxy groups -OCH3 is 2. The van der Waals surface area contributed by atoms with E-state index in [9.17, 15) is 22.8 Å². The summed E-state index contributed by atoms with van der Waals surface area (Å²) in [6.45, 7) is 0.135. The maximum absolute atomic E-state index is 13.1. The molecule has 10 heteroatoms. The zero-order chi connectivity index (χ0) is 21.9. The number of anilines is 2. The van der Waals surface area contributed by atoms with Gasteiger partial charge in [0.15, 0.2) is 0 Å². The Bertz CT molecular complexity index is 949. The van der Waals surface area contributed by atoms with Crippen LogP contribution in [0.1, 0.15) is 5.56 Å². The maximum atomic E-state index is 13.1. The van der Waals surface area contributed by atoms with Crippen LogP contribution in [0, 0.1) is 0 Å². The Kier molecular flexibility index (Phi) is 6.04. The molecule has 3 rings (SSSR count). The number of alkyl halides is 3. The molecule has 7 nitrogen and oxygen atoms in total.